The summed E-state index contributed by atoms with van der Waals surface area (Å²) >= 11 is 0. The molecule has 1 rings (SSSR count). The molecule has 0 fully saturated rings. The van der Waals surface area contributed by atoms with E-state index in [0.717, 1.165) is 6.07 Å². The van der Waals surface area contributed by atoms with Crippen LogP contribution in [-0.2, 0) is 14.6 Å². The van der Waals surface area contributed by atoms with Crippen molar-refractivity contribution < 1.29 is 22.0 Å². The van der Waals surface area contributed by atoms with E-state index < -0.39 is 31.9 Å². The van der Waals surface area contributed by atoms with Crippen molar-refractivity contribution >= 4 is 21.4 Å². The molecule has 0 bridgehead atoms. The Bertz CT molecular complexity index is 595. The molecule has 0 aliphatic rings. The van der Waals surface area contributed by atoms with Gasteiger partial charge in [-0.25, -0.2) is 8.42 Å². The molecule has 0 spiro atoms. The number of nitrogens with two attached hydrogens (primary N) is 1. The molecule has 5 nitrogen and oxygen atoms in total. The Morgan fingerprint density at radius 1 is 1.35 bits per heavy atom. The molecule has 112 valence electrons. The topological polar surface area (TPSA) is 89.3 Å². The van der Waals surface area contributed by atoms with Gasteiger partial charge >= 0.3 is 5.76 Å². The fourth-order valence-electron chi connectivity index (χ4n) is 1.52. The summed E-state index contributed by atoms with van der Waals surface area (Å²) in [6, 6.07) is 5.01. The molecule has 0 radical (unpaired) electrons. The van der Waals surface area contributed by atoms with Gasteiger partial charge in [-0.3, -0.25) is 4.79 Å². The smallest absolute Gasteiger partial charge is 0.325 e. The summed E-state index contributed by atoms with van der Waals surface area (Å²) in [5.74, 6) is -4.10. The second-order valence-electron chi connectivity index (χ2n) is 5.02. The van der Waals surface area contributed by atoms with Crippen LogP contribution >= 0.6 is 0 Å². The molecule has 0 saturated heterocycles. The molecule has 0 unspecified atom stereocenters. The molecule has 0 heterocycles. The normalized spacial score (nSPS) is 12.5. The largest absolute Gasteiger partial charge is 0.341 e. The number of hydrogen-bond acceptors (Lipinski definition) is 4. The third-order valence-corrected chi connectivity index (χ3v) is 3.76. The summed E-state index contributed by atoms with van der Waals surface area (Å²) < 4.78 is 48.1. The monoisotopic (exact) mass is 306 g/mol. The Morgan fingerprint density at radius 3 is 2.40 bits per heavy atom. The Kier molecular flexibility index (Phi) is 4.82. The first kappa shape index (κ1) is 16.5. The average molecular weight is 306 g/mol. The summed E-state index contributed by atoms with van der Waals surface area (Å²) in [6.07, 6.45) is -0.0734. The summed E-state index contributed by atoms with van der Waals surface area (Å²) in [6.45, 7) is 3.24. The van der Waals surface area contributed by atoms with Gasteiger partial charge in [0.1, 0.15) is 0 Å². The van der Waals surface area contributed by atoms with Crippen LogP contribution < -0.4 is 11.1 Å². The third kappa shape index (κ3) is 4.24. The lowest BCUT2D eigenvalue weighted by molar-refractivity contribution is -0.117. The van der Waals surface area contributed by atoms with E-state index in [9.17, 15) is 22.0 Å². The van der Waals surface area contributed by atoms with Crippen LogP contribution in [0.1, 0.15) is 20.3 Å². The predicted molar refractivity (Wildman–Crippen MR) is 71.1 cm³/mol. The maximum Gasteiger partial charge on any atom is 0.341 e. The van der Waals surface area contributed by atoms with E-state index in [2.05, 4.69) is 5.32 Å². The minimum absolute atomic E-state index is 0.0734. The molecule has 8 heteroatoms. The molecule has 1 aromatic carbocycles. The first-order valence-electron chi connectivity index (χ1n) is 5.74. The van der Waals surface area contributed by atoms with E-state index in [1.54, 1.807) is 13.8 Å². The predicted octanol–water partition coefficient (Wildman–Crippen LogP) is 1.75. The highest BCUT2D eigenvalue weighted by molar-refractivity contribution is 7.91. The van der Waals surface area contributed by atoms with Crippen LogP contribution in [0.2, 0.25) is 0 Å². The number of carbonyl (C=O) groups is 1. The first-order chi connectivity index (χ1) is 9.04. The first-order valence-corrected chi connectivity index (χ1v) is 7.28. The van der Waals surface area contributed by atoms with Crippen LogP contribution in [0.4, 0.5) is 14.5 Å². The SMILES string of the molecule is CC(C)(N)CC(=O)Nc1ccccc1S(=O)(=O)C(F)F. The minimum atomic E-state index is -4.78. The van der Waals surface area contributed by atoms with Gasteiger partial charge < -0.3 is 11.1 Å². The zero-order valence-corrected chi connectivity index (χ0v) is 11.9. The van der Waals surface area contributed by atoms with Gasteiger partial charge in [0.25, 0.3) is 0 Å². The van der Waals surface area contributed by atoms with Crippen molar-refractivity contribution in [2.45, 2.75) is 36.5 Å². The van der Waals surface area contributed by atoms with Crippen molar-refractivity contribution in [3.63, 3.8) is 0 Å². The van der Waals surface area contributed by atoms with E-state index in [4.69, 9.17) is 5.73 Å². The molecule has 0 aliphatic heterocycles. The highest BCUT2D eigenvalue weighted by atomic mass is 32.2. The molecule has 1 aromatic rings. The molecule has 1 amide bonds. The van der Waals surface area contributed by atoms with Gasteiger partial charge in [-0.2, -0.15) is 8.78 Å². The van der Waals surface area contributed by atoms with Crippen molar-refractivity contribution in [3.8, 4) is 0 Å². The lowest BCUT2D eigenvalue weighted by atomic mass is 10.0. The van der Waals surface area contributed by atoms with E-state index in [1.807, 2.05) is 0 Å². The molecular weight excluding hydrogens is 290 g/mol. The molecule has 0 saturated carbocycles. The van der Waals surface area contributed by atoms with Crippen LogP contribution in [0.25, 0.3) is 0 Å². The van der Waals surface area contributed by atoms with Crippen LogP contribution in [0.15, 0.2) is 29.2 Å². The fraction of sp³-hybridized carbons (Fsp3) is 0.417. The van der Waals surface area contributed by atoms with Crippen molar-refractivity contribution in [2.24, 2.45) is 5.73 Å². The Balaban J connectivity index is 3.07. The number of benzene rings is 1. The minimum Gasteiger partial charge on any atom is -0.325 e. The van der Waals surface area contributed by atoms with Crippen LogP contribution in [0.5, 0.6) is 0 Å². The van der Waals surface area contributed by atoms with E-state index in [-0.39, 0.29) is 12.1 Å². The second-order valence-corrected chi connectivity index (χ2v) is 6.90. The zero-order valence-electron chi connectivity index (χ0n) is 11.1. The number of halogens is 2. The van der Waals surface area contributed by atoms with Crippen LogP contribution in [0.3, 0.4) is 0 Å². The number of nitrogens with one attached hydrogen (secondary N) is 1. The zero-order chi connectivity index (χ0) is 15.6. The molecule has 0 aromatic heterocycles. The van der Waals surface area contributed by atoms with Crippen LogP contribution in [-0.4, -0.2) is 25.6 Å². The molecular formula is C12H16F2N2O3S. The van der Waals surface area contributed by atoms with Gasteiger partial charge in [0, 0.05) is 12.0 Å². The number of carbonyl (C=O) groups excluding carboxylic acids is 1. The summed E-state index contributed by atoms with van der Waals surface area (Å²) in [7, 11) is -4.78. The van der Waals surface area contributed by atoms with Crippen molar-refractivity contribution in [1.29, 1.82) is 0 Å². The Hall–Kier alpha value is -1.54. The lowest BCUT2D eigenvalue weighted by Gasteiger charge is -2.18. The maximum atomic E-state index is 12.6. The van der Waals surface area contributed by atoms with Gasteiger partial charge in [0.15, 0.2) is 0 Å². The van der Waals surface area contributed by atoms with Crippen LogP contribution in [0, 0.1) is 0 Å². The highest BCUT2D eigenvalue weighted by Crippen LogP contribution is 2.26. The molecule has 3 N–H and O–H groups in total. The van der Waals surface area contributed by atoms with Crippen molar-refractivity contribution in [1.82, 2.24) is 0 Å². The summed E-state index contributed by atoms with van der Waals surface area (Å²) in [5.41, 5.74) is 4.69. The van der Waals surface area contributed by atoms with E-state index in [0.29, 0.717) is 0 Å². The maximum absolute atomic E-state index is 12.6. The number of para-hydroxylation sites is 1. The van der Waals surface area contributed by atoms with Gasteiger partial charge in [-0.15, -0.1) is 0 Å². The lowest BCUT2D eigenvalue weighted by Crippen LogP contribution is -2.36. The summed E-state index contributed by atoms with van der Waals surface area (Å²) in [4.78, 5) is 11.1. The van der Waals surface area contributed by atoms with Gasteiger partial charge in [-0.05, 0) is 26.0 Å². The van der Waals surface area contributed by atoms with Gasteiger partial charge in [-0.1, -0.05) is 12.1 Å². The Labute approximate surface area is 116 Å². The Morgan fingerprint density at radius 2 is 1.90 bits per heavy atom. The average Bonchev–Trinajstić information content (AvgIpc) is 2.26. The van der Waals surface area contributed by atoms with Gasteiger partial charge in [0.05, 0.1) is 10.6 Å². The van der Waals surface area contributed by atoms with Crippen molar-refractivity contribution in [2.75, 3.05) is 5.32 Å². The van der Waals surface area contributed by atoms with E-state index >= 15 is 0 Å². The summed E-state index contributed by atoms with van der Waals surface area (Å²) in [5, 5.41) is 2.30. The number of anilines is 1. The molecule has 0 atom stereocenters. The number of alkyl halides is 2. The highest BCUT2D eigenvalue weighted by Gasteiger charge is 2.29. The van der Waals surface area contributed by atoms with E-state index in [1.165, 1.54) is 18.2 Å². The second kappa shape index (κ2) is 5.84. The number of sulfone groups is 1. The van der Waals surface area contributed by atoms with Crippen molar-refractivity contribution in [3.05, 3.63) is 24.3 Å². The molecule has 0 aliphatic carbocycles. The number of amides is 1. The fourth-order valence-corrected chi connectivity index (χ4v) is 2.41. The third-order valence-electron chi connectivity index (χ3n) is 2.32. The quantitative estimate of drug-likeness (QED) is 0.867. The molecule has 20 heavy (non-hydrogen) atoms. The number of rotatable bonds is 5. The standard InChI is InChI=1S/C12H16F2N2O3S/c1-12(2,15)7-10(17)16-8-5-3-4-6-9(8)20(18,19)11(13)14/h3-6,11H,7,15H2,1-2H3,(H,16,17). The van der Waals surface area contributed by atoms with Gasteiger partial charge in [0.2, 0.25) is 15.7 Å². The number of hydrogen-bond donors (Lipinski definition) is 2.